The average Bonchev–Trinajstić information content (AvgIpc) is 2.39. The maximum absolute atomic E-state index is 6.43. The van der Waals surface area contributed by atoms with Gasteiger partial charge in [-0.05, 0) is 31.4 Å². The first-order valence-corrected chi connectivity index (χ1v) is 7.83. The average molecular weight is 279 g/mol. The molecule has 1 N–H and O–H groups in total. The number of benzene rings is 1. The second-order valence-electron chi connectivity index (χ2n) is 6.09. The van der Waals surface area contributed by atoms with Gasteiger partial charge in [-0.15, -0.1) is 0 Å². The minimum atomic E-state index is 0.335. The fourth-order valence-electron chi connectivity index (χ4n) is 3.73. The number of hydrogen-bond donors (Lipinski definition) is 1. The molecule has 1 aliphatic carbocycles. The number of anilines is 1. The van der Waals surface area contributed by atoms with Gasteiger partial charge in [0.2, 0.25) is 0 Å². The number of rotatable bonds is 1. The Balaban J connectivity index is 1.85. The van der Waals surface area contributed by atoms with E-state index in [0.717, 1.165) is 24.7 Å². The smallest absolute Gasteiger partial charge is 0.0642 e. The largest absolute Gasteiger partial charge is 0.367 e. The highest BCUT2D eigenvalue weighted by molar-refractivity contribution is 6.33. The van der Waals surface area contributed by atoms with Crippen LogP contribution in [0.3, 0.4) is 0 Å². The molecule has 0 amide bonds. The number of hydrogen-bond acceptors (Lipinski definition) is 2. The molecule has 0 unspecified atom stereocenters. The van der Waals surface area contributed by atoms with Crippen LogP contribution < -0.4 is 10.2 Å². The van der Waals surface area contributed by atoms with Crippen LogP contribution in [0.15, 0.2) is 18.2 Å². The lowest BCUT2D eigenvalue weighted by Crippen LogP contribution is -2.61. The first-order valence-electron chi connectivity index (χ1n) is 7.45. The summed E-state index contributed by atoms with van der Waals surface area (Å²) in [6, 6.07) is 6.22. The molecule has 0 bridgehead atoms. The van der Waals surface area contributed by atoms with Crippen molar-refractivity contribution in [2.24, 2.45) is 0 Å². The van der Waals surface area contributed by atoms with Crippen molar-refractivity contribution in [3.05, 3.63) is 28.8 Å². The molecule has 3 heteroatoms. The van der Waals surface area contributed by atoms with E-state index in [1.807, 2.05) is 12.1 Å². The highest BCUT2D eigenvalue weighted by Crippen LogP contribution is 2.35. The van der Waals surface area contributed by atoms with Gasteiger partial charge in [-0.2, -0.15) is 0 Å². The van der Waals surface area contributed by atoms with Crippen molar-refractivity contribution in [1.82, 2.24) is 5.32 Å². The summed E-state index contributed by atoms with van der Waals surface area (Å²) < 4.78 is 0. The lowest BCUT2D eigenvalue weighted by Gasteiger charge is -2.47. The van der Waals surface area contributed by atoms with Gasteiger partial charge in [0.25, 0.3) is 0 Å². The normalized spacial score (nSPS) is 22.7. The van der Waals surface area contributed by atoms with Gasteiger partial charge < -0.3 is 10.2 Å². The molecule has 0 atom stereocenters. The summed E-state index contributed by atoms with van der Waals surface area (Å²) in [7, 11) is 0. The Morgan fingerprint density at radius 3 is 2.74 bits per heavy atom. The molecule has 19 heavy (non-hydrogen) atoms. The molecule has 0 aromatic heterocycles. The molecular weight excluding hydrogens is 256 g/mol. The summed E-state index contributed by atoms with van der Waals surface area (Å²) in [6.45, 7) is 5.41. The quantitative estimate of drug-likeness (QED) is 0.841. The Labute approximate surface area is 121 Å². The van der Waals surface area contributed by atoms with Gasteiger partial charge >= 0.3 is 0 Å². The van der Waals surface area contributed by atoms with Crippen LogP contribution in [0.25, 0.3) is 0 Å². The van der Waals surface area contributed by atoms with Gasteiger partial charge in [-0.1, -0.05) is 43.0 Å². The maximum Gasteiger partial charge on any atom is 0.0642 e. The van der Waals surface area contributed by atoms with E-state index < -0.39 is 0 Å². The van der Waals surface area contributed by atoms with E-state index in [-0.39, 0.29) is 0 Å². The third-order valence-electron chi connectivity index (χ3n) is 4.69. The molecule has 2 nitrogen and oxygen atoms in total. The molecule has 1 aromatic rings. The molecule has 0 radical (unpaired) electrons. The summed E-state index contributed by atoms with van der Waals surface area (Å²) in [4.78, 5) is 2.50. The van der Waals surface area contributed by atoms with E-state index in [9.17, 15) is 0 Å². The first kappa shape index (κ1) is 13.3. The molecule has 1 spiro atoms. The van der Waals surface area contributed by atoms with Crippen LogP contribution in [0.1, 0.15) is 37.7 Å². The van der Waals surface area contributed by atoms with Crippen molar-refractivity contribution in [2.45, 2.75) is 44.6 Å². The lowest BCUT2D eigenvalue weighted by molar-refractivity contribution is 0.216. The van der Waals surface area contributed by atoms with Crippen molar-refractivity contribution in [3.8, 4) is 0 Å². The molecule has 1 aromatic carbocycles. The topological polar surface area (TPSA) is 15.3 Å². The van der Waals surface area contributed by atoms with E-state index in [1.54, 1.807) is 0 Å². The summed E-state index contributed by atoms with van der Waals surface area (Å²) in [5.74, 6) is 0. The predicted octanol–water partition coefficient (Wildman–Crippen LogP) is 3.76. The fraction of sp³-hybridized carbons (Fsp3) is 0.625. The molecule has 1 saturated heterocycles. The first-order chi connectivity index (χ1) is 9.20. The van der Waals surface area contributed by atoms with Crippen molar-refractivity contribution >= 4 is 17.3 Å². The van der Waals surface area contributed by atoms with E-state index in [2.05, 4.69) is 23.2 Å². The van der Waals surface area contributed by atoms with Crippen LogP contribution in [0.4, 0.5) is 5.69 Å². The minimum Gasteiger partial charge on any atom is -0.367 e. The zero-order valence-electron chi connectivity index (χ0n) is 11.7. The molecule has 3 rings (SSSR count). The van der Waals surface area contributed by atoms with Crippen molar-refractivity contribution in [2.75, 3.05) is 24.5 Å². The molecule has 1 heterocycles. The van der Waals surface area contributed by atoms with Crippen LogP contribution in [0.5, 0.6) is 0 Å². The van der Waals surface area contributed by atoms with Crippen molar-refractivity contribution < 1.29 is 0 Å². The molecule has 104 valence electrons. The standard InChI is InChI=1S/C16H23ClN2/c1-13-6-5-7-14(17)15(13)19-11-10-18-16(12-19)8-3-2-4-9-16/h5-7,18H,2-4,8-12H2,1H3. The summed E-state index contributed by atoms with van der Waals surface area (Å²) in [5.41, 5.74) is 2.87. The second-order valence-corrected chi connectivity index (χ2v) is 6.50. The second kappa shape index (κ2) is 5.34. The van der Waals surface area contributed by atoms with Crippen molar-refractivity contribution in [1.29, 1.82) is 0 Å². The number of halogens is 1. The summed E-state index contributed by atoms with van der Waals surface area (Å²) in [6.07, 6.45) is 6.75. The Morgan fingerprint density at radius 1 is 1.21 bits per heavy atom. The van der Waals surface area contributed by atoms with Gasteiger partial charge in [-0.25, -0.2) is 0 Å². The maximum atomic E-state index is 6.43. The highest BCUT2D eigenvalue weighted by Gasteiger charge is 2.36. The molecule has 2 aliphatic rings. The molecule has 1 aliphatic heterocycles. The van der Waals surface area contributed by atoms with Gasteiger partial charge in [0.05, 0.1) is 10.7 Å². The van der Waals surface area contributed by atoms with Gasteiger partial charge in [0.15, 0.2) is 0 Å². The van der Waals surface area contributed by atoms with E-state index >= 15 is 0 Å². The number of nitrogens with one attached hydrogen (secondary N) is 1. The van der Waals surface area contributed by atoms with Gasteiger partial charge in [0, 0.05) is 25.2 Å². The van der Waals surface area contributed by atoms with Gasteiger partial charge in [0.1, 0.15) is 0 Å². The van der Waals surface area contributed by atoms with Crippen LogP contribution >= 0.6 is 11.6 Å². The lowest BCUT2D eigenvalue weighted by atomic mass is 9.80. The van der Waals surface area contributed by atoms with Gasteiger partial charge in [-0.3, -0.25) is 0 Å². The Hall–Kier alpha value is -0.730. The number of piperazine rings is 1. The number of nitrogens with zero attached hydrogens (tertiary/aromatic N) is 1. The Morgan fingerprint density at radius 2 is 2.00 bits per heavy atom. The molecule has 1 saturated carbocycles. The fourth-order valence-corrected chi connectivity index (χ4v) is 4.08. The summed E-state index contributed by atoms with van der Waals surface area (Å²) in [5, 5.41) is 4.68. The molecular formula is C16H23ClN2. The predicted molar refractivity (Wildman–Crippen MR) is 82.2 cm³/mol. The van der Waals surface area contributed by atoms with E-state index in [1.165, 1.54) is 43.4 Å². The van der Waals surface area contributed by atoms with E-state index in [4.69, 9.17) is 11.6 Å². The minimum absolute atomic E-state index is 0.335. The summed E-state index contributed by atoms with van der Waals surface area (Å²) >= 11 is 6.43. The van der Waals surface area contributed by atoms with Crippen LogP contribution in [0.2, 0.25) is 5.02 Å². The SMILES string of the molecule is Cc1cccc(Cl)c1N1CCNC2(CCCCC2)C1. The third kappa shape index (κ3) is 2.61. The Bertz CT molecular complexity index is 426. The van der Waals surface area contributed by atoms with Crippen LogP contribution in [-0.2, 0) is 0 Å². The van der Waals surface area contributed by atoms with Crippen LogP contribution in [-0.4, -0.2) is 25.2 Å². The zero-order valence-corrected chi connectivity index (χ0v) is 12.5. The monoisotopic (exact) mass is 278 g/mol. The zero-order chi connectivity index (χ0) is 13.3. The van der Waals surface area contributed by atoms with Crippen LogP contribution in [0, 0.1) is 6.92 Å². The van der Waals surface area contributed by atoms with Crippen molar-refractivity contribution in [3.63, 3.8) is 0 Å². The van der Waals surface area contributed by atoms with E-state index in [0.29, 0.717) is 5.54 Å². The number of aryl methyl sites for hydroxylation is 1. The Kier molecular flexibility index (Phi) is 3.72. The third-order valence-corrected chi connectivity index (χ3v) is 5.00. The number of para-hydroxylation sites is 1. The molecule has 2 fully saturated rings. The highest BCUT2D eigenvalue weighted by atomic mass is 35.5.